The summed E-state index contributed by atoms with van der Waals surface area (Å²) in [6.07, 6.45) is 0. The van der Waals surface area contributed by atoms with E-state index in [-0.39, 0.29) is 29.9 Å². The van der Waals surface area contributed by atoms with Crippen molar-refractivity contribution in [3.63, 3.8) is 0 Å². The van der Waals surface area contributed by atoms with Crippen LogP contribution >= 0.6 is 0 Å². The molecule has 1 atom stereocenters. The Morgan fingerprint density at radius 1 is 1.15 bits per heavy atom. The summed E-state index contributed by atoms with van der Waals surface area (Å²) in [4.78, 5) is 28.0. The second kappa shape index (κ2) is 7.04. The molecule has 1 unspecified atom stereocenters. The molecular weight excluding hydrogens is 256 g/mol. The lowest BCUT2D eigenvalue weighted by molar-refractivity contribution is -0.132. The van der Waals surface area contributed by atoms with Gasteiger partial charge in [0.2, 0.25) is 11.8 Å². The van der Waals surface area contributed by atoms with E-state index in [0.29, 0.717) is 0 Å². The van der Waals surface area contributed by atoms with E-state index in [0.717, 1.165) is 26.2 Å². The van der Waals surface area contributed by atoms with E-state index in [4.69, 9.17) is 0 Å². The smallest absolute Gasteiger partial charge is 0.237 e. The molecule has 0 bridgehead atoms. The molecule has 1 saturated heterocycles. The van der Waals surface area contributed by atoms with E-state index in [1.54, 1.807) is 6.92 Å². The third-order valence-corrected chi connectivity index (χ3v) is 3.31. The molecule has 0 aromatic carbocycles. The minimum atomic E-state index is -0.370. The molecule has 20 heavy (non-hydrogen) atoms. The van der Waals surface area contributed by atoms with Gasteiger partial charge in [-0.25, -0.2) is 0 Å². The number of likely N-dealkylation sites (N-methyl/N-ethyl adjacent to an activating group) is 1. The molecule has 0 saturated carbocycles. The van der Waals surface area contributed by atoms with E-state index in [1.165, 1.54) is 0 Å². The lowest BCUT2D eigenvalue weighted by Crippen LogP contribution is -2.53. The highest BCUT2D eigenvalue weighted by Gasteiger charge is 2.22. The van der Waals surface area contributed by atoms with Crippen molar-refractivity contribution in [2.75, 3.05) is 39.8 Å². The van der Waals surface area contributed by atoms with Crippen molar-refractivity contribution in [3.8, 4) is 0 Å². The number of carbonyl (C=O) groups excluding carboxylic acids is 2. The van der Waals surface area contributed by atoms with E-state index >= 15 is 0 Å². The Morgan fingerprint density at radius 3 is 2.20 bits per heavy atom. The molecule has 1 rings (SSSR count). The maximum atomic E-state index is 12.0. The predicted octanol–water partition coefficient (Wildman–Crippen LogP) is -0.347. The van der Waals surface area contributed by atoms with Crippen molar-refractivity contribution < 1.29 is 9.59 Å². The number of amides is 2. The largest absolute Gasteiger partial charge is 0.350 e. The minimum Gasteiger partial charge on any atom is -0.350 e. The number of nitrogens with one attached hydrogen (secondary N) is 2. The molecule has 6 heteroatoms. The average molecular weight is 284 g/mol. The maximum Gasteiger partial charge on any atom is 0.237 e. The summed E-state index contributed by atoms with van der Waals surface area (Å²) in [5, 5.41) is 5.89. The van der Waals surface area contributed by atoms with Crippen LogP contribution in [-0.2, 0) is 9.59 Å². The van der Waals surface area contributed by atoms with Gasteiger partial charge in [0.25, 0.3) is 0 Å². The van der Waals surface area contributed by atoms with Gasteiger partial charge in [-0.1, -0.05) is 0 Å². The van der Waals surface area contributed by atoms with Gasteiger partial charge in [0, 0.05) is 31.7 Å². The Bertz CT molecular complexity index is 344. The van der Waals surface area contributed by atoms with Gasteiger partial charge in [-0.2, -0.15) is 0 Å². The van der Waals surface area contributed by atoms with Crippen molar-refractivity contribution in [1.29, 1.82) is 0 Å². The first kappa shape index (κ1) is 16.9. The highest BCUT2D eigenvalue weighted by Crippen LogP contribution is 2.01. The molecule has 1 fully saturated rings. The third kappa shape index (κ3) is 5.88. The summed E-state index contributed by atoms with van der Waals surface area (Å²) in [6.45, 7) is 11.1. The molecule has 2 N–H and O–H groups in total. The Balaban J connectivity index is 2.31. The van der Waals surface area contributed by atoms with Gasteiger partial charge in [-0.15, -0.1) is 0 Å². The van der Waals surface area contributed by atoms with Crippen molar-refractivity contribution in [2.24, 2.45) is 0 Å². The zero-order chi connectivity index (χ0) is 15.3. The molecule has 116 valence electrons. The first-order valence-electron chi connectivity index (χ1n) is 7.21. The van der Waals surface area contributed by atoms with Gasteiger partial charge in [0.05, 0.1) is 12.6 Å². The number of rotatable bonds is 4. The van der Waals surface area contributed by atoms with E-state index in [9.17, 15) is 9.59 Å². The quantitative estimate of drug-likeness (QED) is 0.741. The molecule has 0 radical (unpaired) electrons. The van der Waals surface area contributed by atoms with Gasteiger partial charge in [-0.05, 0) is 34.7 Å². The lowest BCUT2D eigenvalue weighted by Gasteiger charge is -2.32. The molecule has 1 heterocycles. The zero-order valence-corrected chi connectivity index (χ0v) is 13.3. The molecule has 0 spiro atoms. The standard InChI is InChI=1S/C14H28N4O2/c1-11(13(20)16-14(2,3)4)15-10-12(19)18-8-6-17(5)7-9-18/h11,15H,6-10H2,1-5H3,(H,16,20). The minimum absolute atomic E-state index is 0.0634. The Hall–Kier alpha value is -1.14. The fourth-order valence-electron chi connectivity index (χ4n) is 1.98. The predicted molar refractivity (Wildman–Crippen MR) is 79.4 cm³/mol. The molecule has 0 aromatic rings. The van der Waals surface area contributed by atoms with Gasteiger partial charge in [-0.3, -0.25) is 14.9 Å². The van der Waals surface area contributed by atoms with Gasteiger partial charge in [0.1, 0.15) is 0 Å². The van der Waals surface area contributed by atoms with Crippen LogP contribution in [0.3, 0.4) is 0 Å². The second-order valence-electron chi connectivity index (χ2n) is 6.53. The summed E-state index contributed by atoms with van der Waals surface area (Å²) in [6, 6.07) is -0.370. The van der Waals surface area contributed by atoms with Gasteiger partial charge in [0.15, 0.2) is 0 Å². The molecule has 6 nitrogen and oxygen atoms in total. The van der Waals surface area contributed by atoms with Crippen molar-refractivity contribution in [2.45, 2.75) is 39.3 Å². The van der Waals surface area contributed by atoms with E-state index < -0.39 is 0 Å². The van der Waals surface area contributed by atoms with Gasteiger partial charge < -0.3 is 15.1 Å². The maximum absolute atomic E-state index is 12.0. The number of piperazine rings is 1. The van der Waals surface area contributed by atoms with Crippen LogP contribution in [0.25, 0.3) is 0 Å². The summed E-state index contributed by atoms with van der Waals surface area (Å²) >= 11 is 0. The normalized spacial score (nSPS) is 18.8. The SMILES string of the molecule is CC(NCC(=O)N1CCN(C)CC1)C(=O)NC(C)(C)C. The number of nitrogens with zero attached hydrogens (tertiary/aromatic N) is 2. The van der Waals surface area contributed by atoms with Gasteiger partial charge >= 0.3 is 0 Å². The highest BCUT2D eigenvalue weighted by molar-refractivity contribution is 5.83. The van der Waals surface area contributed by atoms with Crippen molar-refractivity contribution in [3.05, 3.63) is 0 Å². The number of carbonyl (C=O) groups is 2. The van der Waals surface area contributed by atoms with Crippen molar-refractivity contribution in [1.82, 2.24) is 20.4 Å². The first-order valence-corrected chi connectivity index (χ1v) is 7.21. The fraction of sp³-hybridized carbons (Fsp3) is 0.857. The molecule has 0 aliphatic carbocycles. The lowest BCUT2D eigenvalue weighted by atomic mass is 10.1. The molecule has 1 aliphatic heterocycles. The summed E-state index contributed by atoms with van der Waals surface area (Å²) in [7, 11) is 2.05. The molecule has 2 amide bonds. The van der Waals surface area contributed by atoms with Crippen LogP contribution in [0.5, 0.6) is 0 Å². The molecule has 0 aromatic heterocycles. The van der Waals surface area contributed by atoms with Crippen LogP contribution in [0.2, 0.25) is 0 Å². The number of hydrogen-bond acceptors (Lipinski definition) is 4. The second-order valence-corrected chi connectivity index (χ2v) is 6.53. The average Bonchev–Trinajstić information content (AvgIpc) is 2.34. The summed E-state index contributed by atoms with van der Waals surface area (Å²) < 4.78 is 0. The van der Waals surface area contributed by atoms with E-state index in [1.807, 2.05) is 25.7 Å². The summed E-state index contributed by atoms with van der Waals surface area (Å²) in [5.41, 5.74) is -0.255. The summed E-state index contributed by atoms with van der Waals surface area (Å²) in [5.74, 6) is -0.0165. The monoisotopic (exact) mass is 284 g/mol. The van der Waals surface area contributed by atoms with Crippen LogP contribution in [0.1, 0.15) is 27.7 Å². The highest BCUT2D eigenvalue weighted by atomic mass is 16.2. The van der Waals surface area contributed by atoms with Crippen LogP contribution in [-0.4, -0.2) is 73.0 Å². The van der Waals surface area contributed by atoms with Crippen LogP contribution in [0.15, 0.2) is 0 Å². The van der Waals surface area contributed by atoms with Crippen LogP contribution < -0.4 is 10.6 Å². The van der Waals surface area contributed by atoms with E-state index in [2.05, 4.69) is 22.6 Å². The molecule has 1 aliphatic rings. The van der Waals surface area contributed by atoms with Crippen LogP contribution in [0, 0.1) is 0 Å². The Labute approximate surface area is 121 Å². The topological polar surface area (TPSA) is 64.7 Å². The van der Waals surface area contributed by atoms with Crippen LogP contribution in [0.4, 0.5) is 0 Å². The zero-order valence-electron chi connectivity index (χ0n) is 13.3. The Morgan fingerprint density at radius 2 is 1.70 bits per heavy atom. The Kier molecular flexibility index (Phi) is 5.95. The fourth-order valence-corrected chi connectivity index (χ4v) is 1.98. The third-order valence-electron chi connectivity index (χ3n) is 3.31. The van der Waals surface area contributed by atoms with Crippen molar-refractivity contribution >= 4 is 11.8 Å². The molecular formula is C14H28N4O2. The number of hydrogen-bond donors (Lipinski definition) is 2. The first-order chi connectivity index (χ1) is 9.19.